The van der Waals surface area contributed by atoms with Gasteiger partial charge in [-0.05, 0) is 18.2 Å². The number of aromatic amines is 1. The Morgan fingerprint density at radius 3 is 2.50 bits per heavy atom. The van der Waals surface area contributed by atoms with Crippen LogP contribution >= 0.6 is 11.3 Å². The lowest BCUT2D eigenvalue weighted by atomic mass is 10.1. The van der Waals surface area contributed by atoms with Crippen molar-refractivity contribution < 1.29 is 14.3 Å². The van der Waals surface area contributed by atoms with Gasteiger partial charge in [-0.1, -0.05) is 36.4 Å². The highest BCUT2D eigenvalue weighted by Gasteiger charge is 2.19. The smallest absolute Gasteiger partial charge is 0.359 e. The van der Waals surface area contributed by atoms with E-state index in [9.17, 15) is 14.4 Å². The Hall–Kier alpha value is -3.85. The van der Waals surface area contributed by atoms with Crippen LogP contribution in [0, 0.1) is 0 Å². The lowest BCUT2D eigenvalue weighted by Gasteiger charge is -2.17. The topological polar surface area (TPSA) is 105 Å². The summed E-state index contributed by atoms with van der Waals surface area (Å²) in [5.41, 5.74) is 0.845. The SMILES string of the molecule is CC(=O)N(c1ccccc1)c1nc(COC(=O)c2n[nH]c(=O)c3ccccc23)cs1. The number of esters is 1. The molecule has 2 heterocycles. The number of anilines is 2. The van der Waals surface area contributed by atoms with Crippen molar-refractivity contribution in [3.63, 3.8) is 0 Å². The number of carbonyl (C=O) groups excluding carboxylic acids is 2. The Kier molecular flexibility index (Phi) is 5.36. The van der Waals surface area contributed by atoms with Crippen LogP contribution in [0.4, 0.5) is 10.8 Å². The second-order valence-corrected chi connectivity index (χ2v) is 7.17. The summed E-state index contributed by atoms with van der Waals surface area (Å²) in [7, 11) is 0. The minimum Gasteiger partial charge on any atom is -0.454 e. The summed E-state index contributed by atoms with van der Waals surface area (Å²) in [6.45, 7) is 1.37. The van der Waals surface area contributed by atoms with Crippen molar-refractivity contribution >= 4 is 44.8 Å². The molecule has 4 rings (SSSR count). The molecule has 0 bridgehead atoms. The quantitative estimate of drug-likeness (QED) is 0.496. The summed E-state index contributed by atoms with van der Waals surface area (Å²) < 4.78 is 5.34. The number of para-hydroxylation sites is 1. The first-order chi connectivity index (χ1) is 14.5. The Bertz CT molecular complexity index is 1280. The number of hydrogen-bond donors (Lipinski definition) is 1. The van der Waals surface area contributed by atoms with E-state index in [0.29, 0.717) is 27.3 Å². The van der Waals surface area contributed by atoms with E-state index < -0.39 is 5.97 Å². The molecule has 8 nitrogen and oxygen atoms in total. The number of ether oxygens (including phenoxy) is 1. The zero-order valence-corrected chi connectivity index (χ0v) is 16.7. The average molecular weight is 420 g/mol. The van der Waals surface area contributed by atoms with Crippen LogP contribution < -0.4 is 10.5 Å². The number of nitrogens with zero attached hydrogens (tertiary/aromatic N) is 3. The van der Waals surface area contributed by atoms with Crippen molar-refractivity contribution in [3.8, 4) is 0 Å². The predicted molar refractivity (Wildman–Crippen MR) is 113 cm³/mol. The number of nitrogens with one attached hydrogen (secondary N) is 1. The third-order valence-electron chi connectivity index (χ3n) is 4.30. The van der Waals surface area contributed by atoms with Crippen molar-refractivity contribution in [2.24, 2.45) is 0 Å². The van der Waals surface area contributed by atoms with Crippen LogP contribution in [-0.4, -0.2) is 27.1 Å². The number of rotatable bonds is 5. The zero-order chi connectivity index (χ0) is 21.1. The maximum atomic E-state index is 12.5. The molecule has 2 aromatic heterocycles. The monoisotopic (exact) mass is 420 g/mol. The molecule has 0 aliphatic rings. The van der Waals surface area contributed by atoms with Gasteiger partial charge >= 0.3 is 5.97 Å². The van der Waals surface area contributed by atoms with Gasteiger partial charge in [-0.3, -0.25) is 14.5 Å². The number of carbonyl (C=O) groups is 2. The molecule has 0 unspecified atom stereocenters. The van der Waals surface area contributed by atoms with Gasteiger partial charge in [0.05, 0.1) is 16.8 Å². The van der Waals surface area contributed by atoms with E-state index in [2.05, 4.69) is 15.2 Å². The molecule has 2 aromatic carbocycles. The minimum absolute atomic E-state index is 0.0234. The molecule has 0 aliphatic carbocycles. The highest BCUT2D eigenvalue weighted by atomic mass is 32.1. The van der Waals surface area contributed by atoms with Crippen LogP contribution in [0.1, 0.15) is 23.1 Å². The van der Waals surface area contributed by atoms with E-state index in [1.807, 2.05) is 30.3 Å². The van der Waals surface area contributed by atoms with E-state index in [4.69, 9.17) is 4.74 Å². The first kappa shape index (κ1) is 19.5. The van der Waals surface area contributed by atoms with Gasteiger partial charge in [-0.2, -0.15) is 5.10 Å². The number of thiazole rings is 1. The van der Waals surface area contributed by atoms with Crippen LogP contribution in [0.5, 0.6) is 0 Å². The van der Waals surface area contributed by atoms with Crippen LogP contribution in [0.15, 0.2) is 64.8 Å². The van der Waals surface area contributed by atoms with Gasteiger partial charge in [0.25, 0.3) is 5.56 Å². The molecule has 4 aromatic rings. The largest absolute Gasteiger partial charge is 0.454 e. The van der Waals surface area contributed by atoms with E-state index in [-0.39, 0.29) is 23.8 Å². The summed E-state index contributed by atoms with van der Waals surface area (Å²) in [6.07, 6.45) is 0. The fraction of sp³-hybridized carbons (Fsp3) is 0.0952. The third kappa shape index (κ3) is 3.83. The number of benzene rings is 2. The zero-order valence-electron chi connectivity index (χ0n) is 15.9. The summed E-state index contributed by atoms with van der Waals surface area (Å²) in [5.74, 6) is -0.855. The predicted octanol–water partition coefficient (Wildman–Crippen LogP) is 3.42. The molecule has 0 saturated carbocycles. The molecule has 0 saturated heterocycles. The normalized spacial score (nSPS) is 10.7. The molecule has 1 amide bonds. The molecular formula is C21H16N4O4S. The highest BCUT2D eigenvalue weighted by molar-refractivity contribution is 7.14. The molecule has 1 N–H and O–H groups in total. The Balaban J connectivity index is 1.53. The van der Waals surface area contributed by atoms with E-state index in [0.717, 1.165) is 0 Å². The molecule has 0 spiro atoms. The van der Waals surface area contributed by atoms with Gasteiger partial charge in [-0.15, -0.1) is 11.3 Å². The molecule has 0 atom stereocenters. The summed E-state index contributed by atoms with van der Waals surface area (Å²) in [5, 5.41) is 9.11. The van der Waals surface area contributed by atoms with Crippen LogP contribution in [0.3, 0.4) is 0 Å². The van der Waals surface area contributed by atoms with Crippen LogP contribution in [0.2, 0.25) is 0 Å². The number of fused-ring (bicyclic) bond motifs is 1. The van der Waals surface area contributed by atoms with Gasteiger partial charge in [0.1, 0.15) is 6.61 Å². The van der Waals surface area contributed by atoms with Gasteiger partial charge in [-0.25, -0.2) is 14.9 Å². The number of hydrogen-bond acceptors (Lipinski definition) is 7. The van der Waals surface area contributed by atoms with Gasteiger partial charge in [0.2, 0.25) is 5.91 Å². The van der Waals surface area contributed by atoms with E-state index >= 15 is 0 Å². The maximum absolute atomic E-state index is 12.5. The Morgan fingerprint density at radius 1 is 1.07 bits per heavy atom. The lowest BCUT2D eigenvalue weighted by molar-refractivity contribution is -0.115. The number of amides is 1. The molecule has 30 heavy (non-hydrogen) atoms. The van der Waals surface area contributed by atoms with E-state index in [1.54, 1.807) is 29.6 Å². The second kappa shape index (κ2) is 8.26. The first-order valence-corrected chi connectivity index (χ1v) is 9.87. The summed E-state index contributed by atoms with van der Waals surface area (Å²) in [4.78, 5) is 42.4. The average Bonchev–Trinajstić information content (AvgIpc) is 3.21. The second-order valence-electron chi connectivity index (χ2n) is 6.33. The van der Waals surface area contributed by atoms with E-state index in [1.165, 1.54) is 23.2 Å². The fourth-order valence-corrected chi connectivity index (χ4v) is 3.82. The maximum Gasteiger partial charge on any atom is 0.359 e. The van der Waals surface area contributed by atoms with Crippen molar-refractivity contribution in [2.75, 3.05) is 4.90 Å². The molecule has 0 radical (unpaired) electrons. The third-order valence-corrected chi connectivity index (χ3v) is 5.18. The molecule has 0 fully saturated rings. The molecule has 150 valence electrons. The van der Waals surface area contributed by atoms with Gasteiger partial charge in [0, 0.05) is 17.7 Å². The lowest BCUT2D eigenvalue weighted by Crippen LogP contribution is -2.22. The summed E-state index contributed by atoms with van der Waals surface area (Å²) in [6, 6.07) is 15.8. The highest BCUT2D eigenvalue weighted by Crippen LogP contribution is 2.29. The van der Waals surface area contributed by atoms with Crippen LogP contribution in [-0.2, 0) is 16.1 Å². The van der Waals surface area contributed by atoms with Gasteiger partial charge < -0.3 is 4.74 Å². The van der Waals surface area contributed by atoms with Crippen LogP contribution in [0.25, 0.3) is 10.8 Å². The van der Waals surface area contributed by atoms with Crippen molar-refractivity contribution in [1.29, 1.82) is 0 Å². The first-order valence-electron chi connectivity index (χ1n) is 8.99. The fourth-order valence-electron chi connectivity index (χ4n) is 2.95. The minimum atomic E-state index is -0.677. The van der Waals surface area contributed by atoms with Crippen molar-refractivity contribution in [2.45, 2.75) is 13.5 Å². The Labute approximate surface area is 174 Å². The standard InChI is InChI=1S/C21H16N4O4S/c1-13(26)25(15-7-3-2-4-8-15)21-22-14(12-30-21)11-29-20(28)18-16-9-5-6-10-17(16)19(27)24-23-18/h2-10,12H,11H2,1H3,(H,24,27). The molecule has 0 aliphatic heterocycles. The Morgan fingerprint density at radius 2 is 1.77 bits per heavy atom. The van der Waals surface area contributed by atoms with Crippen molar-refractivity contribution in [3.05, 3.63) is 81.7 Å². The van der Waals surface area contributed by atoms with Crippen molar-refractivity contribution in [1.82, 2.24) is 15.2 Å². The number of H-pyrrole nitrogens is 1. The molecular weight excluding hydrogens is 404 g/mol. The summed E-state index contributed by atoms with van der Waals surface area (Å²) >= 11 is 1.27. The van der Waals surface area contributed by atoms with Gasteiger partial charge in [0.15, 0.2) is 10.8 Å². The molecule has 9 heteroatoms. The number of aromatic nitrogens is 3.